The average Bonchev–Trinajstić information content (AvgIpc) is 2.21. The summed E-state index contributed by atoms with van der Waals surface area (Å²) in [5.41, 5.74) is 6.28. The van der Waals surface area contributed by atoms with Crippen molar-refractivity contribution in [3.8, 4) is 11.6 Å². The molecule has 1 heterocycles. The number of aromatic nitrogens is 2. The van der Waals surface area contributed by atoms with Gasteiger partial charge in [0.15, 0.2) is 0 Å². The number of halogens is 1. The van der Waals surface area contributed by atoms with Crippen LogP contribution in [0.25, 0.3) is 0 Å². The Morgan fingerprint density at radius 1 is 1.18 bits per heavy atom. The predicted molar refractivity (Wildman–Crippen MR) is 62.4 cm³/mol. The van der Waals surface area contributed by atoms with Crippen molar-refractivity contribution in [3.05, 3.63) is 41.5 Å². The molecule has 88 valence electrons. The van der Waals surface area contributed by atoms with Crippen molar-refractivity contribution in [1.29, 1.82) is 0 Å². The van der Waals surface area contributed by atoms with E-state index in [1.807, 2.05) is 0 Å². The molecule has 0 aliphatic heterocycles. The van der Waals surface area contributed by atoms with Crippen LogP contribution in [0.2, 0.25) is 0 Å². The summed E-state index contributed by atoms with van der Waals surface area (Å²) in [4.78, 5) is 8.02. The van der Waals surface area contributed by atoms with Gasteiger partial charge < -0.3 is 10.5 Å². The maximum Gasteiger partial charge on any atom is 0.224 e. The van der Waals surface area contributed by atoms with E-state index in [1.165, 1.54) is 18.2 Å². The molecule has 1 aromatic heterocycles. The lowest BCUT2D eigenvalue weighted by molar-refractivity contribution is 0.455. The number of anilines is 1. The molecule has 2 rings (SSSR count). The molecule has 0 saturated carbocycles. The second-order valence-electron chi connectivity index (χ2n) is 3.69. The fourth-order valence-corrected chi connectivity index (χ4v) is 1.45. The summed E-state index contributed by atoms with van der Waals surface area (Å²) in [6, 6.07) is 5.81. The molecule has 2 N–H and O–H groups in total. The highest BCUT2D eigenvalue weighted by molar-refractivity contribution is 5.38. The van der Waals surface area contributed by atoms with Gasteiger partial charge in [-0.05, 0) is 37.6 Å². The summed E-state index contributed by atoms with van der Waals surface area (Å²) < 4.78 is 18.4. The molecular weight excluding hydrogens is 221 g/mol. The maximum absolute atomic E-state index is 12.9. The molecular formula is C12H12FN3O. The predicted octanol–water partition coefficient (Wildman–Crippen LogP) is 2.61. The third kappa shape index (κ3) is 2.69. The van der Waals surface area contributed by atoms with Gasteiger partial charge in [-0.15, -0.1) is 0 Å². The van der Waals surface area contributed by atoms with Crippen molar-refractivity contribution in [2.45, 2.75) is 13.8 Å². The molecule has 5 heteroatoms. The van der Waals surface area contributed by atoms with E-state index in [0.29, 0.717) is 28.8 Å². The fourth-order valence-electron chi connectivity index (χ4n) is 1.45. The van der Waals surface area contributed by atoms with Crippen molar-refractivity contribution in [2.75, 3.05) is 5.73 Å². The molecule has 0 spiro atoms. The zero-order valence-corrected chi connectivity index (χ0v) is 9.57. The molecule has 0 atom stereocenters. The lowest BCUT2D eigenvalue weighted by atomic mass is 10.2. The minimum Gasteiger partial charge on any atom is -0.439 e. The van der Waals surface area contributed by atoms with Gasteiger partial charge in [0.25, 0.3) is 0 Å². The molecule has 0 aliphatic rings. The Kier molecular flexibility index (Phi) is 2.91. The molecule has 4 nitrogen and oxygen atoms in total. The summed E-state index contributed by atoms with van der Waals surface area (Å²) in [5.74, 6) is 1.47. The van der Waals surface area contributed by atoms with Crippen LogP contribution in [0.15, 0.2) is 24.3 Å². The molecule has 0 bridgehead atoms. The van der Waals surface area contributed by atoms with Crippen molar-refractivity contribution >= 4 is 5.82 Å². The standard InChI is InChI=1S/C12H12FN3O/c1-7-5-9(13)3-4-10(7)17-12-6-11(14)15-8(2)16-12/h3-6H,1-2H3,(H2,14,15,16). The highest BCUT2D eigenvalue weighted by atomic mass is 19.1. The highest BCUT2D eigenvalue weighted by Gasteiger charge is 2.05. The van der Waals surface area contributed by atoms with Crippen molar-refractivity contribution < 1.29 is 9.13 Å². The lowest BCUT2D eigenvalue weighted by Gasteiger charge is -2.08. The van der Waals surface area contributed by atoms with Gasteiger partial charge in [-0.2, -0.15) is 4.98 Å². The van der Waals surface area contributed by atoms with Crippen LogP contribution in [0.1, 0.15) is 11.4 Å². The number of nitrogen functional groups attached to an aromatic ring is 1. The Labute approximate surface area is 98.3 Å². The van der Waals surface area contributed by atoms with Crippen LogP contribution >= 0.6 is 0 Å². The summed E-state index contributed by atoms with van der Waals surface area (Å²) >= 11 is 0. The Morgan fingerprint density at radius 2 is 1.94 bits per heavy atom. The zero-order chi connectivity index (χ0) is 12.4. The van der Waals surface area contributed by atoms with E-state index >= 15 is 0 Å². The third-order valence-electron chi connectivity index (χ3n) is 2.19. The number of hydrogen-bond acceptors (Lipinski definition) is 4. The Hall–Kier alpha value is -2.17. The van der Waals surface area contributed by atoms with Gasteiger partial charge in [0.2, 0.25) is 5.88 Å². The van der Waals surface area contributed by atoms with Crippen LogP contribution < -0.4 is 10.5 Å². The average molecular weight is 233 g/mol. The van der Waals surface area contributed by atoms with E-state index in [1.54, 1.807) is 19.9 Å². The molecule has 0 fully saturated rings. The van der Waals surface area contributed by atoms with Crippen molar-refractivity contribution in [2.24, 2.45) is 0 Å². The minimum atomic E-state index is -0.298. The topological polar surface area (TPSA) is 61.0 Å². The van der Waals surface area contributed by atoms with Crippen LogP contribution in [0.3, 0.4) is 0 Å². The first-order chi connectivity index (χ1) is 8.04. The summed E-state index contributed by atoms with van der Waals surface area (Å²) in [6.07, 6.45) is 0. The maximum atomic E-state index is 12.9. The van der Waals surface area contributed by atoms with Crippen LogP contribution in [-0.2, 0) is 0 Å². The quantitative estimate of drug-likeness (QED) is 0.866. The molecule has 0 aliphatic carbocycles. The zero-order valence-electron chi connectivity index (χ0n) is 9.57. The molecule has 2 aromatic rings. The summed E-state index contributed by atoms with van der Waals surface area (Å²) in [5, 5.41) is 0. The van der Waals surface area contributed by atoms with Gasteiger partial charge in [0, 0.05) is 6.07 Å². The van der Waals surface area contributed by atoms with Crippen LogP contribution in [-0.4, -0.2) is 9.97 Å². The van der Waals surface area contributed by atoms with Gasteiger partial charge in [-0.3, -0.25) is 0 Å². The number of aryl methyl sites for hydroxylation is 2. The second-order valence-corrected chi connectivity index (χ2v) is 3.69. The molecule has 0 saturated heterocycles. The van der Waals surface area contributed by atoms with Gasteiger partial charge in [-0.1, -0.05) is 0 Å². The minimum absolute atomic E-state index is 0.298. The number of ether oxygens (including phenoxy) is 1. The van der Waals surface area contributed by atoms with E-state index in [-0.39, 0.29) is 5.82 Å². The summed E-state index contributed by atoms with van der Waals surface area (Å²) in [7, 11) is 0. The number of benzene rings is 1. The number of hydrogen-bond donors (Lipinski definition) is 1. The first-order valence-corrected chi connectivity index (χ1v) is 5.10. The molecule has 0 amide bonds. The SMILES string of the molecule is Cc1nc(N)cc(Oc2ccc(F)cc2C)n1. The summed E-state index contributed by atoms with van der Waals surface area (Å²) in [6.45, 7) is 3.48. The Bertz CT molecular complexity index is 537. The number of rotatable bonds is 2. The Morgan fingerprint density at radius 3 is 2.59 bits per heavy atom. The third-order valence-corrected chi connectivity index (χ3v) is 2.19. The van der Waals surface area contributed by atoms with E-state index in [2.05, 4.69) is 9.97 Å². The van der Waals surface area contributed by atoms with Crippen LogP contribution in [0.5, 0.6) is 11.6 Å². The number of nitrogens with two attached hydrogens (primary N) is 1. The van der Waals surface area contributed by atoms with E-state index in [9.17, 15) is 4.39 Å². The first-order valence-electron chi connectivity index (χ1n) is 5.10. The second kappa shape index (κ2) is 4.37. The van der Waals surface area contributed by atoms with Crippen molar-refractivity contribution in [1.82, 2.24) is 9.97 Å². The highest BCUT2D eigenvalue weighted by Crippen LogP contribution is 2.24. The largest absolute Gasteiger partial charge is 0.439 e. The normalized spacial score (nSPS) is 10.3. The fraction of sp³-hybridized carbons (Fsp3) is 0.167. The van der Waals surface area contributed by atoms with E-state index < -0.39 is 0 Å². The van der Waals surface area contributed by atoms with E-state index in [0.717, 1.165) is 0 Å². The van der Waals surface area contributed by atoms with Gasteiger partial charge >= 0.3 is 0 Å². The molecule has 1 aromatic carbocycles. The van der Waals surface area contributed by atoms with Crippen molar-refractivity contribution in [3.63, 3.8) is 0 Å². The molecule has 17 heavy (non-hydrogen) atoms. The van der Waals surface area contributed by atoms with Crippen LogP contribution in [0.4, 0.5) is 10.2 Å². The number of nitrogens with zero attached hydrogens (tertiary/aromatic N) is 2. The van der Waals surface area contributed by atoms with Gasteiger partial charge in [0.05, 0.1) is 0 Å². The van der Waals surface area contributed by atoms with Gasteiger partial charge in [-0.25, -0.2) is 9.37 Å². The molecule has 0 unspecified atom stereocenters. The smallest absolute Gasteiger partial charge is 0.224 e. The monoisotopic (exact) mass is 233 g/mol. The van der Waals surface area contributed by atoms with E-state index in [4.69, 9.17) is 10.5 Å². The van der Waals surface area contributed by atoms with Gasteiger partial charge in [0.1, 0.15) is 23.2 Å². The first kappa shape index (κ1) is 11.3. The van der Waals surface area contributed by atoms with Crippen LogP contribution in [0, 0.1) is 19.7 Å². The molecule has 0 radical (unpaired) electrons. The lowest BCUT2D eigenvalue weighted by Crippen LogP contribution is -1.98. The Balaban J connectivity index is 2.31.